The average molecular weight is 409 g/mol. The van der Waals surface area contributed by atoms with Crippen LogP contribution in [0.3, 0.4) is 0 Å². The van der Waals surface area contributed by atoms with E-state index < -0.39 is 40.8 Å². The van der Waals surface area contributed by atoms with E-state index in [9.17, 15) is 22.4 Å². The van der Waals surface area contributed by atoms with E-state index in [1.807, 2.05) is 6.92 Å². The van der Waals surface area contributed by atoms with Crippen molar-refractivity contribution in [1.29, 1.82) is 0 Å². The lowest BCUT2D eigenvalue weighted by Crippen LogP contribution is -2.48. The van der Waals surface area contributed by atoms with Gasteiger partial charge in [-0.1, -0.05) is 23.8 Å². The first-order valence-electron chi connectivity index (χ1n) is 8.17. The Morgan fingerprint density at radius 2 is 1.71 bits per heavy atom. The topological polar surface area (TPSA) is 105 Å². The zero-order valence-electron chi connectivity index (χ0n) is 15.3. The number of likely N-dealkylation sites (N-methyl/N-ethyl adjacent to an activating group) is 1. The van der Waals surface area contributed by atoms with Gasteiger partial charge in [-0.15, -0.1) is 0 Å². The smallest absolute Gasteiger partial charge is 0.276 e. The minimum Gasteiger partial charge on any atom is -0.484 e. The molecule has 0 saturated carbocycles. The Bertz CT molecular complexity index is 948. The van der Waals surface area contributed by atoms with Gasteiger partial charge in [-0.05, 0) is 31.2 Å². The average Bonchev–Trinajstić information content (AvgIpc) is 2.65. The summed E-state index contributed by atoms with van der Waals surface area (Å²) >= 11 is 0. The summed E-state index contributed by atoms with van der Waals surface area (Å²) in [6.45, 7) is 0.872. The molecule has 0 atom stereocenters. The number of aryl methyl sites for hydroxylation is 1. The predicted molar refractivity (Wildman–Crippen MR) is 99.2 cm³/mol. The van der Waals surface area contributed by atoms with Gasteiger partial charge in [0.2, 0.25) is 10.0 Å². The monoisotopic (exact) mass is 409 g/mol. The molecule has 2 amide bonds. The molecule has 10 heteroatoms. The molecule has 0 aliphatic heterocycles. The van der Waals surface area contributed by atoms with Crippen molar-refractivity contribution in [2.45, 2.75) is 11.8 Å². The van der Waals surface area contributed by atoms with E-state index in [-0.39, 0.29) is 10.6 Å². The highest BCUT2D eigenvalue weighted by molar-refractivity contribution is 7.89. The van der Waals surface area contributed by atoms with Crippen LogP contribution in [0.25, 0.3) is 0 Å². The summed E-state index contributed by atoms with van der Waals surface area (Å²) in [6, 6.07) is 11.4. The Labute approximate surface area is 162 Å². The fourth-order valence-electron chi connectivity index (χ4n) is 2.10. The summed E-state index contributed by atoms with van der Waals surface area (Å²) in [6.07, 6.45) is 0. The van der Waals surface area contributed by atoms with E-state index in [0.717, 1.165) is 15.9 Å². The van der Waals surface area contributed by atoms with E-state index in [2.05, 4.69) is 10.9 Å². The molecule has 2 rings (SSSR count). The number of amides is 2. The summed E-state index contributed by atoms with van der Waals surface area (Å²) in [4.78, 5) is 23.6. The summed E-state index contributed by atoms with van der Waals surface area (Å²) in [5.41, 5.74) is 5.09. The number of hydrogen-bond donors (Lipinski definition) is 2. The standard InChI is InChI=1S/C18H20FN3O5S/c1-13-6-8-16(9-7-13)28(25,26)22(2)11-17(23)20-21-18(24)12-27-15-5-3-4-14(19)10-15/h3-10H,11-12H2,1-2H3,(H,20,23)(H,21,24). The first-order chi connectivity index (χ1) is 13.2. The van der Waals surface area contributed by atoms with Crippen molar-refractivity contribution in [3.8, 4) is 5.75 Å². The van der Waals surface area contributed by atoms with Gasteiger partial charge in [0, 0.05) is 13.1 Å². The Hall–Kier alpha value is -2.98. The van der Waals surface area contributed by atoms with Crippen molar-refractivity contribution in [2.75, 3.05) is 20.2 Å². The second-order valence-corrected chi connectivity index (χ2v) is 7.96. The lowest BCUT2D eigenvalue weighted by Gasteiger charge is -2.17. The zero-order chi connectivity index (χ0) is 20.7. The predicted octanol–water partition coefficient (Wildman–Crippen LogP) is 0.981. The molecule has 2 N–H and O–H groups in total. The molecule has 2 aromatic rings. The van der Waals surface area contributed by atoms with E-state index >= 15 is 0 Å². The molecule has 0 saturated heterocycles. The summed E-state index contributed by atoms with van der Waals surface area (Å²) < 4.78 is 43.8. The molecule has 0 aliphatic rings. The highest BCUT2D eigenvalue weighted by Gasteiger charge is 2.23. The molecule has 0 fully saturated rings. The van der Waals surface area contributed by atoms with Gasteiger partial charge in [-0.3, -0.25) is 20.4 Å². The Balaban J connectivity index is 1.81. The van der Waals surface area contributed by atoms with Gasteiger partial charge in [-0.2, -0.15) is 4.31 Å². The van der Waals surface area contributed by atoms with Crippen LogP contribution in [0.4, 0.5) is 4.39 Å². The Morgan fingerprint density at radius 3 is 2.36 bits per heavy atom. The molecule has 0 aromatic heterocycles. The molecule has 0 heterocycles. The molecule has 0 radical (unpaired) electrons. The molecule has 150 valence electrons. The first-order valence-corrected chi connectivity index (χ1v) is 9.61. The van der Waals surface area contributed by atoms with Crippen LogP contribution in [0, 0.1) is 12.7 Å². The molecular formula is C18H20FN3O5S. The van der Waals surface area contributed by atoms with Crippen LogP contribution in [0.1, 0.15) is 5.56 Å². The van der Waals surface area contributed by atoms with Crippen LogP contribution in [0.2, 0.25) is 0 Å². The molecule has 2 aromatic carbocycles. The maximum atomic E-state index is 13.0. The van der Waals surface area contributed by atoms with Gasteiger partial charge in [0.15, 0.2) is 6.61 Å². The number of halogens is 1. The van der Waals surface area contributed by atoms with Gasteiger partial charge < -0.3 is 4.74 Å². The van der Waals surface area contributed by atoms with Crippen LogP contribution >= 0.6 is 0 Å². The third kappa shape index (κ3) is 6.03. The minimum atomic E-state index is -3.84. The van der Waals surface area contributed by atoms with Crippen LogP contribution in [0.5, 0.6) is 5.75 Å². The first kappa shape index (κ1) is 21.3. The fraction of sp³-hybridized carbons (Fsp3) is 0.222. The number of hydrazine groups is 1. The molecule has 28 heavy (non-hydrogen) atoms. The molecule has 0 unspecified atom stereocenters. The van der Waals surface area contributed by atoms with Crippen molar-refractivity contribution in [3.63, 3.8) is 0 Å². The van der Waals surface area contributed by atoms with Crippen molar-refractivity contribution >= 4 is 21.8 Å². The number of nitrogens with one attached hydrogen (secondary N) is 2. The normalized spacial score (nSPS) is 11.1. The lowest BCUT2D eigenvalue weighted by molar-refractivity contribution is -0.130. The lowest BCUT2D eigenvalue weighted by atomic mass is 10.2. The number of carbonyl (C=O) groups excluding carboxylic acids is 2. The summed E-state index contributed by atoms with van der Waals surface area (Å²) in [5, 5.41) is 0. The highest BCUT2D eigenvalue weighted by atomic mass is 32.2. The minimum absolute atomic E-state index is 0.0564. The number of benzene rings is 2. The SMILES string of the molecule is Cc1ccc(S(=O)(=O)N(C)CC(=O)NNC(=O)COc2cccc(F)c2)cc1. The molecular weight excluding hydrogens is 389 g/mol. The molecule has 0 spiro atoms. The van der Waals surface area contributed by atoms with Crippen molar-refractivity contribution in [3.05, 3.63) is 59.9 Å². The Morgan fingerprint density at radius 1 is 1.07 bits per heavy atom. The molecule has 0 bridgehead atoms. The second-order valence-electron chi connectivity index (χ2n) is 5.92. The van der Waals surface area contributed by atoms with E-state index in [4.69, 9.17) is 4.74 Å². The summed E-state index contributed by atoms with van der Waals surface area (Å²) in [7, 11) is -2.59. The molecule has 0 aliphatic carbocycles. The van der Waals surface area contributed by atoms with Gasteiger partial charge in [0.1, 0.15) is 11.6 Å². The maximum absolute atomic E-state index is 13.0. The van der Waals surface area contributed by atoms with Crippen molar-refractivity contribution in [1.82, 2.24) is 15.2 Å². The van der Waals surface area contributed by atoms with Crippen LogP contribution < -0.4 is 15.6 Å². The maximum Gasteiger partial charge on any atom is 0.276 e. The van der Waals surface area contributed by atoms with E-state index in [1.165, 1.54) is 37.4 Å². The number of hydrogen-bond acceptors (Lipinski definition) is 5. The second kappa shape index (κ2) is 9.29. The number of nitrogens with zero attached hydrogens (tertiary/aromatic N) is 1. The largest absolute Gasteiger partial charge is 0.484 e. The fourth-order valence-corrected chi connectivity index (χ4v) is 3.23. The van der Waals surface area contributed by atoms with Crippen molar-refractivity contribution in [2.24, 2.45) is 0 Å². The van der Waals surface area contributed by atoms with Gasteiger partial charge in [0.25, 0.3) is 11.8 Å². The van der Waals surface area contributed by atoms with E-state index in [1.54, 1.807) is 12.1 Å². The summed E-state index contributed by atoms with van der Waals surface area (Å²) in [5.74, 6) is -1.78. The third-order valence-corrected chi connectivity index (χ3v) is 5.42. The number of rotatable bonds is 7. The Kier molecular flexibility index (Phi) is 7.07. The number of ether oxygens (including phenoxy) is 1. The number of sulfonamides is 1. The van der Waals surface area contributed by atoms with Gasteiger partial charge >= 0.3 is 0 Å². The van der Waals surface area contributed by atoms with Gasteiger partial charge in [-0.25, -0.2) is 12.8 Å². The van der Waals surface area contributed by atoms with E-state index in [0.29, 0.717) is 0 Å². The van der Waals surface area contributed by atoms with Crippen LogP contribution in [0.15, 0.2) is 53.4 Å². The zero-order valence-corrected chi connectivity index (χ0v) is 16.1. The quantitative estimate of drug-likeness (QED) is 0.664. The highest BCUT2D eigenvalue weighted by Crippen LogP contribution is 2.14. The van der Waals surface area contributed by atoms with Gasteiger partial charge in [0.05, 0.1) is 11.4 Å². The molecule has 8 nitrogen and oxygen atoms in total. The number of carbonyl (C=O) groups is 2. The van der Waals surface area contributed by atoms with Crippen molar-refractivity contribution < 1.29 is 27.1 Å². The van der Waals surface area contributed by atoms with Crippen LogP contribution in [-0.4, -0.2) is 44.7 Å². The third-order valence-electron chi connectivity index (χ3n) is 3.60. The van der Waals surface area contributed by atoms with Crippen LogP contribution in [-0.2, 0) is 19.6 Å².